The molecule has 2 nitrogen and oxygen atoms in total. The molecule has 0 spiro atoms. The second-order valence-electron chi connectivity index (χ2n) is 3.01. The van der Waals surface area contributed by atoms with Crippen molar-refractivity contribution in [1.29, 1.82) is 0 Å². The molecular formula is C8H17BrO2S. The Labute approximate surface area is 83.8 Å². The van der Waals surface area contributed by atoms with Crippen molar-refractivity contribution in [2.45, 2.75) is 37.9 Å². The summed E-state index contributed by atoms with van der Waals surface area (Å²) in [6.45, 7) is 3.77. The van der Waals surface area contributed by atoms with E-state index in [0.717, 1.165) is 19.3 Å². The van der Waals surface area contributed by atoms with Crippen LogP contribution in [0.1, 0.15) is 33.1 Å². The zero-order valence-corrected chi connectivity index (χ0v) is 10.1. The van der Waals surface area contributed by atoms with E-state index in [1.807, 2.05) is 0 Å². The predicted molar refractivity (Wildman–Crippen MR) is 56.6 cm³/mol. The molecule has 12 heavy (non-hydrogen) atoms. The second kappa shape index (κ2) is 5.97. The molecule has 0 N–H and O–H groups in total. The lowest BCUT2D eigenvalue weighted by Gasteiger charge is -2.02. The van der Waals surface area contributed by atoms with Crippen LogP contribution in [0.5, 0.6) is 0 Å². The van der Waals surface area contributed by atoms with Gasteiger partial charge in [0, 0.05) is 10.6 Å². The molecule has 1 unspecified atom stereocenters. The van der Waals surface area contributed by atoms with Gasteiger partial charge in [0.05, 0.1) is 5.75 Å². The van der Waals surface area contributed by atoms with Gasteiger partial charge in [0.15, 0.2) is 0 Å². The van der Waals surface area contributed by atoms with Gasteiger partial charge in [-0.2, -0.15) is 0 Å². The van der Waals surface area contributed by atoms with Crippen molar-refractivity contribution >= 4 is 25.8 Å². The minimum atomic E-state index is -2.73. The van der Waals surface area contributed by atoms with Crippen LogP contribution in [0.15, 0.2) is 0 Å². The average Bonchev–Trinajstić information content (AvgIpc) is 1.98. The van der Waals surface area contributed by atoms with Crippen LogP contribution in [0.2, 0.25) is 0 Å². The van der Waals surface area contributed by atoms with Crippen molar-refractivity contribution in [2.24, 2.45) is 0 Å². The summed E-state index contributed by atoms with van der Waals surface area (Å²) < 4.78 is 22.1. The number of alkyl halides is 1. The van der Waals surface area contributed by atoms with Gasteiger partial charge in [-0.15, -0.1) is 0 Å². The molecule has 0 fully saturated rings. The van der Waals surface area contributed by atoms with Crippen LogP contribution in [0, 0.1) is 0 Å². The third kappa shape index (κ3) is 7.10. The molecule has 0 aliphatic carbocycles. The molecule has 4 heteroatoms. The molecule has 0 amide bonds. The van der Waals surface area contributed by atoms with Crippen LogP contribution in [0.4, 0.5) is 0 Å². The maximum atomic E-state index is 11.0. The Balaban J connectivity index is 3.45. The molecule has 0 saturated carbocycles. The predicted octanol–water partition coefficient (Wildman–Crippen LogP) is 2.37. The molecule has 74 valence electrons. The molecule has 0 saturated heterocycles. The van der Waals surface area contributed by atoms with Crippen molar-refractivity contribution in [3.8, 4) is 0 Å². The fourth-order valence-electron chi connectivity index (χ4n) is 0.892. The Morgan fingerprint density at radius 3 is 2.33 bits per heavy atom. The molecule has 0 aromatic rings. The van der Waals surface area contributed by atoms with Crippen LogP contribution in [0.3, 0.4) is 0 Å². The number of hydrogen-bond donors (Lipinski definition) is 0. The molecule has 0 aliphatic heterocycles. The lowest BCUT2D eigenvalue weighted by atomic mass is 10.2. The van der Waals surface area contributed by atoms with Crippen molar-refractivity contribution in [1.82, 2.24) is 0 Å². The third-order valence-corrected chi connectivity index (χ3v) is 4.00. The highest BCUT2D eigenvalue weighted by Crippen LogP contribution is 2.09. The lowest BCUT2D eigenvalue weighted by Crippen LogP contribution is -2.08. The largest absolute Gasteiger partial charge is 0.229 e. The molecule has 0 heterocycles. The average molecular weight is 257 g/mol. The number of rotatable bonds is 6. The van der Waals surface area contributed by atoms with Crippen LogP contribution in [0.25, 0.3) is 0 Å². The van der Waals surface area contributed by atoms with Gasteiger partial charge in [0.1, 0.15) is 9.84 Å². The Morgan fingerprint density at radius 2 is 1.92 bits per heavy atom. The molecule has 0 bridgehead atoms. The first-order chi connectivity index (χ1) is 5.48. The highest BCUT2D eigenvalue weighted by Gasteiger charge is 2.06. The van der Waals surface area contributed by atoms with Gasteiger partial charge in [0.25, 0.3) is 0 Å². The summed E-state index contributed by atoms with van der Waals surface area (Å²) in [6.07, 6.45) is 2.84. The lowest BCUT2D eigenvalue weighted by molar-refractivity contribution is 0.591. The minimum absolute atomic E-state index is 0.275. The summed E-state index contributed by atoms with van der Waals surface area (Å²) in [7, 11) is -2.73. The Morgan fingerprint density at radius 1 is 1.33 bits per heavy atom. The van der Waals surface area contributed by atoms with Crippen molar-refractivity contribution in [3.05, 3.63) is 0 Å². The summed E-state index contributed by atoms with van der Waals surface area (Å²) >= 11 is 3.42. The number of sulfone groups is 1. The summed E-state index contributed by atoms with van der Waals surface area (Å²) in [4.78, 5) is 0.502. The van der Waals surface area contributed by atoms with Gasteiger partial charge in [-0.1, -0.05) is 36.2 Å². The quantitative estimate of drug-likeness (QED) is 0.540. The van der Waals surface area contributed by atoms with E-state index in [0.29, 0.717) is 10.6 Å². The van der Waals surface area contributed by atoms with Gasteiger partial charge in [-0.25, -0.2) is 8.42 Å². The fraction of sp³-hybridized carbons (Fsp3) is 1.00. The van der Waals surface area contributed by atoms with Crippen molar-refractivity contribution < 1.29 is 8.42 Å². The number of hydrogen-bond acceptors (Lipinski definition) is 2. The topological polar surface area (TPSA) is 34.1 Å². The fourth-order valence-corrected chi connectivity index (χ4v) is 2.15. The van der Waals surface area contributed by atoms with Crippen LogP contribution in [-0.2, 0) is 9.84 Å². The van der Waals surface area contributed by atoms with E-state index >= 15 is 0 Å². The molecule has 0 rings (SSSR count). The Hall–Kier alpha value is 0.430. The van der Waals surface area contributed by atoms with Crippen LogP contribution >= 0.6 is 15.9 Å². The van der Waals surface area contributed by atoms with Gasteiger partial charge < -0.3 is 0 Å². The van der Waals surface area contributed by atoms with Crippen LogP contribution < -0.4 is 0 Å². The molecule has 0 aliphatic rings. The summed E-state index contributed by atoms with van der Waals surface area (Å²) in [5, 5.41) is 0. The third-order valence-electron chi connectivity index (χ3n) is 1.75. The zero-order valence-electron chi connectivity index (χ0n) is 7.72. The second-order valence-corrected chi connectivity index (χ2v) is 7.05. The van der Waals surface area contributed by atoms with E-state index in [-0.39, 0.29) is 5.75 Å². The summed E-state index contributed by atoms with van der Waals surface area (Å²) in [5.41, 5.74) is 0. The van der Waals surface area contributed by atoms with Gasteiger partial charge in [-0.3, -0.25) is 0 Å². The maximum Gasteiger partial charge on any atom is 0.150 e. The number of unbranched alkanes of at least 4 members (excludes halogenated alkanes) is 1. The highest BCUT2D eigenvalue weighted by atomic mass is 79.9. The van der Waals surface area contributed by atoms with E-state index in [4.69, 9.17) is 0 Å². The first-order valence-electron chi connectivity index (χ1n) is 4.32. The highest BCUT2D eigenvalue weighted by molar-refractivity contribution is 9.09. The van der Waals surface area contributed by atoms with Crippen molar-refractivity contribution in [2.75, 3.05) is 11.5 Å². The number of halogens is 1. The van der Waals surface area contributed by atoms with E-state index in [2.05, 4.69) is 22.9 Å². The molecular weight excluding hydrogens is 240 g/mol. The summed E-state index contributed by atoms with van der Waals surface area (Å²) in [6, 6.07) is 0. The van der Waals surface area contributed by atoms with Gasteiger partial charge in [0.2, 0.25) is 0 Å². The van der Waals surface area contributed by atoms with Crippen molar-refractivity contribution in [3.63, 3.8) is 0 Å². The monoisotopic (exact) mass is 256 g/mol. The van der Waals surface area contributed by atoms with Crippen LogP contribution in [-0.4, -0.2) is 24.8 Å². The molecule has 0 aromatic heterocycles. The molecule has 0 aromatic carbocycles. The van der Waals surface area contributed by atoms with Gasteiger partial charge >= 0.3 is 0 Å². The molecule has 0 radical (unpaired) electrons. The minimum Gasteiger partial charge on any atom is -0.229 e. The standard InChI is InChI=1S/C8H17BrO2S/c1-3-12(10,11)7-5-4-6-8(2)9/h8H,3-7H2,1-2H3. The van der Waals surface area contributed by atoms with E-state index in [1.165, 1.54) is 0 Å². The van der Waals surface area contributed by atoms with E-state index in [1.54, 1.807) is 6.92 Å². The normalized spacial score (nSPS) is 14.6. The smallest absolute Gasteiger partial charge is 0.150 e. The SMILES string of the molecule is CCS(=O)(=O)CCCCC(C)Br. The molecule has 1 atom stereocenters. The maximum absolute atomic E-state index is 11.0. The van der Waals surface area contributed by atoms with Gasteiger partial charge in [-0.05, 0) is 12.8 Å². The van der Waals surface area contributed by atoms with E-state index < -0.39 is 9.84 Å². The zero-order chi connectivity index (χ0) is 9.61. The first-order valence-corrected chi connectivity index (χ1v) is 7.06. The van der Waals surface area contributed by atoms with E-state index in [9.17, 15) is 8.42 Å². The Kier molecular flexibility index (Phi) is 6.19. The summed E-state index contributed by atoms with van der Waals surface area (Å²) in [5.74, 6) is 0.625. The Bertz CT molecular complexity index is 197. The first kappa shape index (κ1) is 12.4.